The van der Waals surface area contributed by atoms with Crippen LogP contribution >= 0.6 is 11.3 Å². The molecule has 13 heteroatoms. The number of aromatic nitrogens is 1. The lowest BCUT2D eigenvalue weighted by molar-refractivity contribution is -0.133. The lowest BCUT2D eigenvalue weighted by Gasteiger charge is -2.39. The number of nitrogens with zero attached hydrogens (tertiary/aromatic N) is 4. The van der Waals surface area contributed by atoms with Crippen LogP contribution in [0, 0.1) is 0 Å². The predicted octanol–water partition coefficient (Wildman–Crippen LogP) is 2.28. The van der Waals surface area contributed by atoms with E-state index in [2.05, 4.69) is 20.4 Å². The number of nitrogens with one attached hydrogen (secondary N) is 1. The van der Waals surface area contributed by atoms with E-state index in [1.807, 2.05) is 11.8 Å². The number of thiazole rings is 1. The van der Waals surface area contributed by atoms with Gasteiger partial charge in [-0.1, -0.05) is 17.3 Å². The van der Waals surface area contributed by atoms with Crippen molar-refractivity contribution in [1.29, 1.82) is 0 Å². The fourth-order valence-corrected chi connectivity index (χ4v) is 7.29. The third-order valence-corrected chi connectivity index (χ3v) is 10.3. The number of benzene rings is 1. The molecule has 0 spiro atoms. The summed E-state index contributed by atoms with van der Waals surface area (Å²) in [6, 6.07) is 6.32. The molecule has 1 saturated carbocycles. The lowest BCUT2D eigenvalue weighted by Crippen LogP contribution is -2.52. The summed E-state index contributed by atoms with van der Waals surface area (Å²) in [4.78, 5) is 40.4. The van der Waals surface area contributed by atoms with Crippen LogP contribution < -0.4 is 5.32 Å². The molecule has 2 amide bonds. The molecule has 2 saturated heterocycles. The molecule has 3 aliphatic rings. The van der Waals surface area contributed by atoms with E-state index < -0.39 is 15.7 Å². The number of carbonyl (C=O) groups is 2. The number of sulfone groups is 1. The van der Waals surface area contributed by atoms with Crippen molar-refractivity contribution < 1.29 is 27.6 Å². The summed E-state index contributed by atoms with van der Waals surface area (Å²) >= 11 is 1.37. The first kappa shape index (κ1) is 27.7. The fraction of sp³-hybridized carbons (Fsp3) is 0.538. The summed E-state index contributed by atoms with van der Waals surface area (Å²) in [6.07, 6.45) is 3.52. The van der Waals surface area contributed by atoms with Gasteiger partial charge in [0.05, 0.1) is 23.4 Å². The number of ether oxygens (including phenoxy) is 1. The SMILES string of the molecule is CC(=O)N1CCN(Cc2cnc(NC(=O)/C(=N/OC3CCOC3)c3ccc(S(=O)(=O)C4CC4)cc3)s2)C[C@@H]1C. The second-order valence-electron chi connectivity index (χ2n) is 10.2. The molecule has 1 aromatic heterocycles. The van der Waals surface area contributed by atoms with E-state index in [4.69, 9.17) is 9.57 Å². The van der Waals surface area contributed by atoms with Crippen LogP contribution in [-0.4, -0.2) is 91.0 Å². The van der Waals surface area contributed by atoms with Gasteiger partial charge >= 0.3 is 0 Å². The Morgan fingerprint density at radius 2 is 1.97 bits per heavy atom. The highest BCUT2D eigenvalue weighted by molar-refractivity contribution is 7.92. The van der Waals surface area contributed by atoms with Crippen LogP contribution in [0.5, 0.6) is 0 Å². The molecule has 3 heterocycles. The smallest absolute Gasteiger partial charge is 0.280 e. The molecule has 39 heavy (non-hydrogen) atoms. The van der Waals surface area contributed by atoms with Crippen molar-refractivity contribution in [1.82, 2.24) is 14.8 Å². The van der Waals surface area contributed by atoms with Gasteiger partial charge in [-0.15, -0.1) is 11.3 Å². The largest absolute Gasteiger partial charge is 0.389 e. The standard InChI is InChI=1S/C26H33N5O6S2/c1-17-14-30(10-11-31(17)18(2)32)15-21-13-27-26(38-21)28-25(33)24(29-37-20-9-12-36-16-20)19-3-5-22(6-4-19)39(34,35)23-7-8-23/h3-6,13,17,20,23H,7-12,14-16H2,1-2H3,(H,27,28,33)/b29-24+/t17-,20?/m0/s1. The van der Waals surface area contributed by atoms with E-state index in [-0.39, 0.29) is 33.9 Å². The van der Waals surface area contributed by atoms with Gasteiger partial charge in [0, 0.05) is 62.2 Å². The number of rotatable bonds is 9. The van der Waals surface area contributed by atoms with Crippen molar-refractivity contribution in [3.8, 4) is 0 Å². The average molecular weight is 576 g/mol. The van der Waals surface area contributed by atoms with Gasteiger partial charge in [0.15, 0.2) is 26.8 Å². The summed E-state index contributed by atoms with van der Waals surface area (Å²) in [6.45, 7) is 7.50. The van der Waals surface area contributed by atoms with Crippen molar-refractivity contribution in [2.24, 2.45) is 5.16 Å². The van der Waals surface area contributed by atoms with Crippen molar-refractivity contribution in [3.05, 3.63) is 40.9 Å². The van der Waals surface area contributed by atoms with Gasteiger partial charge < -0.3 is 14.5 Å². The highest BCUT2D eigenvalue weighted by Crippen LogP contribution is 2.33. The molecular formula is C26H33N5O6S2. The topological polar surface area (TPSA) is 130 Å². The Morgan fingerprint density at radius 1 is 1.21 bits per heavy atom. The van der Waals surface area contributed by atoms with Crippen LogP contribution in [0.25, 0.3) is 0 Å². The Morgan fingerprint density at radius 3 is 2.62 bits per heavy atom. The minimum atomic E-state index is -3.34. The zero-order valence-corrected chi connectivity index (χ0v) is 23.7. The number of hydrogen-bond acceptors (Lipinski definition) is 10. The normalized spacial score (nSPS) is 22.6. The van der Waals surface area contributed by atoms with Gasteiger partial charge in [0.2, 0.25) is 5.91 Å². The van der Waals surface area contributed by atoms with Gasteiger partial charge in [0.1, 0.15) is 0 Å². The maximum absolute atomic E-state index is 13.3. The van der Waals surface area contributed by atoms with Crippen LogP contribution in [0.3, 0.4) is 0 Å². The third-order valence-electron chi connectivity index (χ3n) is 7.09. The van der Waals surface area contributed by atoms with E-state index in [0.29, 0.717) is 56.3 Å². The zero-order valence-electron chi connectivity index (χ0n) is 22.0. The fourth-order valence-electron chi connectivity index (χ4n) is 4.78. The number of hydrogen-bond donors (Lipinski definition) is 1. The number of carbonyl (C=O) groups excluding carboxylic acids is 2. The average Bonchev–Trinajstić information content (AvgIpc) is 3.49. The Bertz CT molecular complexity index is 1330. The molecule has 3 fully saturated rings. The maximum atomic E-state index is 13.3. The van der Waals surface area contributed by atoms with Gasteiger partial charge in [-0.25, -0.2) is 13.4 Å². The van der Waals surface area contributed by atoms with E-state index in [9.17, 15) is 18.0 Å². The number of anilines is 1. The molecule has 210 valence electrons. The third kappa shape index (κ3) is 6.65. The first-order valence-corrected chi connectivity index (χ1v) is 15.5. The zero-order chi connectivity index (χ0) is 27.6. The van der Waals surface area contributed by atoms with Gasteiger partial charge in [-0.05, 0) is 31.9 Å². The minimum absolute atomic E-state index is 0.0307. The number of amides is 2. The van der Waals surface area contributed by atoms with Crippen molar-refractivity contribution in [2.45, 2.75) is 61.9 Å². The van der Waals surface area contributed by atoms with E-state index in [1.54, 1.807) is 25.3 Å². The molecule has 2 aromatic rings. The molecular weight excluding hydrogens is 542 g/mol. The Kier molecular flexibility index (Phi) is 8.31. The quantitative estimate of drug-likeness (QED) is 0.356. The van der Waals surface area contributed by atoms with Crippen molar-refractivity contribution >= 4 is 43.8 Å². The Balaban J connectivity index is 1.27. The second kappa shape index (κ2) is 11.7. The molecule has 1 N–H and O–H groups in total. The molecule has 1 aromatic carbocycles. The molecule has 1 unspecified atom stereocenters. The second-order valence-corrected chi connectivity index (χ2v) is 13.5. The van der Waals surface area contributed by atoms with Gasteiger partial charge in [-0.3, -0.25) is 19.8 Å². The summed E-state index contributed by atoms with van der Waals surface area (Å²) < 4.78 is 30.5. The first-order valence-electron chi connectivity index (χ1n) is 13.1. The van der Waals surface area contributed by atoms with E-state index >= 15 is 0 Å². The van der Waals surface area contributed by atoms with E-state index in [0.717, 1.165) is 18.0 Å². The minimum Gasteiger partial charge on any atom is -0.389 e. The van der Waals surface area contributed by atoms with E-state index in [1.165, 1.54) is 23.5 Å². The number of oxime groups is 1. The lowest BCUT2D eigenvalue weighted by atomic mass is 10.1. The molecule has 2 aliphatic heterocycles. The highest BCUT2D eigenvalue weighted by Gasteiger charge is 2.37. The number of piperazine rings is 1. The molecule has 2 atom stereocenters. The van der Waals surface area contributed by atoms with Crippen LogP contribution in [0.15, 0.2) is 40.5 Å². The summed E-state index contributed by atoms with van der Waals surface area (Å²) in [5.74, 6) is -0.415. The summed E-state index contributed by atoms with van der Waals surface area (Å²) in [7, 11) is -3.34. The van der Waals surface area contributed by atoms with Crippen LogP contribution in [0.2, 0.25) is 0 Å². The molecule has 5 rings (SSSR count). The monoisotopic (exact) mass is 575 g/mol. The van der Waals surface area contributed by atoms with Crippen molar-refractivity contribution in [2.75, 3.05) is 38.2 Å². The summed E-state index contributed by atoms with van der Waals surface area (Å²) in [5, 5.41) is 7.08. The highest BCUT2D eigenvalue weighted by atomic mass is 32.2. The van der Waals surface area contributed by atoms with Crippen LogP contribution in [0.4, 0.5) is 5.13 Å². The molecule has 1 aliphatic carbocycles. The Labute approximate surface area is 232 Å². The molecule has 0 radical (unpaired) electrons. The van der Waals surface area contributed by atoms with Crippen LogP contribution in [0.1, 0.15) is 43.6 Å². The van der Waals surface area contributed by atoms with Gasteiger partial charge in [-0.2, -0.15) is 0 Å². The van der Waals surface area contributed by atoms with Crippen LogP contribution in [-0.2, 0) is 35.5 Å². The maximum Gasteiger partial charge on any atom is 0.280 e. The van der Waals surface area contributed by atoms with Crippen molar-refractivity contribution in [3.63, 3.8) is 0 Å². The predicted molar refractivity (Wildman–Crippen MR) is 146 cm³/mol. The Hall–Kier alpha value is -2.87. The molecule has 0 bridgehead atoms. The van der Waals surface area contributed by atoms with Gasteiger partial charge in [0.25, 0.3) is 5.91 Å². The first-order chi connectivity index (χ1) is 18.7. The molecule has 11 nitrogen and oxygen atoms in total. The summed E-state index contributed by atoms with van der Waals surface area (Å²) in [5.41, 5.74) is 0.471.